The molecule has 3 amide bonds. The summed E-state index contributed by atoms with van der Waals surface area (Å²) in [4.78, 5) is 27.9. The van der Waals surface area contributed by atoms with Gasteiger partial charge < -0.3 is 21.7 Å². The molecule has 3 heterocycles. The van der Waals surface area contributed by atoms with E-state index in [1.807, 2.05) is 6.92 Å². The quantitative estimate of drug-likeness (QED) is 0.241. The molecule has 1 aliphatic carbocycles. The number of nitrogens with two attached hydrogens (primary N) is 1. The summed E-state index contributed by atoms with van der Waals surface area (Å²) in [5.74, 6) is 0.115. The maximum absolute atomic E-state index is 14.4. The summed E-state index contributed by atoms with van der Waals surface area (Å²) in [5.41, 5.74) is 8.00. The molecule has 2 fully saturated rings. The summed E-state index contributed by atoms with van der Waals surface area (Å²) in [6.45, 7) is 1.86. The van der Waals surface area contributed by atoms with E-state index in [9.17, 15) is 14.0 Å². The lowest BCUT2D eigenvalue weighted by Gasteiger charge is -2.16. The highest BCUT2D eigenvalue weighted by Gasteiger charge is 2.26. The highest BCUT2D eigenvalue weighted by Crippen LogP contribution is 2.32. The molecule has 0 spiro atoms. The number of aromatic nitrogens is 3. The molecule has 0 radical (unpaired) electrons. The predicted octanol–water partition coefficient (Wildman–Crippen LogP) is 2.26. The van der Waals surface area contributed by atoms with Crippen molar-refractivity contribution in [1.29, 1.82) is 0 Å². The van der Waals surface area contributed by atoms with Crippen LogP contribution in [0.1, 0.15) is 24.0 Å². The van der Waals surface area contributed by atoms with E-state index in [0.717, 1.165) is 24.2 Å². The maximum atomic E-state index is 14.4. The van der Waals surface area contributed by atoms with E-state index in [0.29, 0.717) is 28.8 Å². The number of amides is 3. The third-order valence-electron chi connectivity index (χ3n) is 5.10. The predicted molar refractivity (Wildman–Crippen MR) is 113 cm³/mol. The van der Waals surface area contributed by atoms with E-state index in [4.69, 9.17) is 5.73 Å². The Balaban J connectivity index is 1.63. The first-order valence-electron chi connectivity index (χ1n) is 9.70. The minimum atomic E-state index is -0.589. The van der Waals surface area contributed by atoms with Gasteiger partial charge >= 0.3 is 6.03 Å². The Hall–Kier alpha value is -4.15. The number of imide groups is 1. The van der Waals surface area contributed by atoms with E-state index in [1.165, 1.54) is 12.1 Å². The van der Waals surface area contributed by atoms with Gasteiger partial charge in [0.15, 0.2) is 5.65 Å². The van der Waals surface area contributed by atoms with E-state index in [2.05, 4.69) is 31.3 Å². The second-order valence-corrected chi connectivity index (χ2v) is 7.52. The summed E-state index contributed by atoms with van der Waals surface area (Å²) < 4.78 is 16.0. The summed E-state index contributed by atoms with van der Waals surface area (Å²) in [7, 11) is 0. The molecule has 158 valence electrons. The SMILES string of the molecule is Cc1c(Nc2ccc(N)cc2F)nc2c(/C=C3\NC(=O)NC3=O)cnn2c1NC1CC1. The molecule has 0 atom stereocenters. The van der Waals surface area contributed by atoms with Gasteiger partial charge in [0.2, 0.25) is 0 Å². The molecule has 2 aromatic heterocycles. The van der Waals surface area contributed by atoms with Crippen LogP contribution in [0.4, 0.5) is 32.2 Å². The zero-order valence-corrected chi connectivity index (χ0v) is 16.5. The van der Waals surface area contributed by atoms with E-state index in [-0.39, 0.29) is 11.4 Å². The van der Waals surface area contributed by atoms with Gasteiger partial charge in [0.05, 0.1) is 11.9 Å². The number of carbonyl (C=O) groups excluding carboxylic acids is 2. The van der Waals surface area contributed by atoms with Crippen molar-refractivity contribution in [1.82, 2.24) is 25.2 Å². The summed E-state index contributed by atoms with van der Waals surface area (Å²) in [5, 5.41) is 15.5. The standard InChI is InChI=1S/C20H19FN8O2/c1-9-16(25-14-5-2-11(22)7-13(14)21)27-18-10(6-15-19(30)28-20(31)26-15)8-23-29(18)17(9)24-12-3-4-12/h2,5-8,12,24H,3-4,22H2,1H3,(H,25,27)(H2,26,28,30,31)/b15-6-. The number of carbonyl (C=O) groups is 2. The molecule has 1 saturated heterocycles. The fourth-order valence-electron chi connectivity index (χ4n) is 3.30. The molecule has 1 aromatic carbocycles. The Morgan fingerprint density at radius 3 is 2.77 bits per heavy atom. The van der Waals surface area contributed by atoms with Crippen LogP contribution < -0.4 is 27.0 Å². The van der Waals surface area contributed by atoms with Gasteiger partial charge in [-0.15, -0.1) is 0 Å². The van der Waals surface area contributed by atoms with Crippen LogP contribution in [0.3, 0.4) is 0 Å². The lowest BCUT2D eigenvalue weighted by molar-refractivity contribution is -0.115. The highest BCUT2D eigenvalue weighted by molar-refractivity contribution is 6.14. The fourth-order valence-corrected chi connectivity index (χ4v) is 3.30. The summed E-state index contributed by atoms with van der Waals surface area (Å²) >= 11 is 0. The second kappa shape index (κ2) is 6.97. The number of rotatable bonds is 5. The minimum absolute atomic E-state index is 0.0954. The van der Waals surface area contributed by atoms with Gasteiger partial charge in [0, 0.05) is 22.9 Å². The molecule has 3 aromatic rings. The molecule has 1 aliphatic heterocycles. The average Bonchev–Trinajstić information content (AvgIpc) is 3.37. The first-order chi connectivity index (χ1) is 14.9. The fraction of sp³-hybridized carbons (Fsp3) is 0.200. The smallest absolute Gasteiger partial charge is 0.326 e. The van der Waals surface area contributed by atoms with Crippen molar-refractivity contribution in [2.45, 2.75) is 25.8 Å². The molecule has 31 heavy (non-hydrogen) atoms. The van der Waals surface area contributed by atoms with Gasteiger partial charge in [-0.05, 0) is 44.0 Å². The van der Waals surface area contributed by atoms with Crippen molar-refractivity contribution in [2.75, 3.05) is 16.4 Å². The zero-order valence-electron chi connectivity index (χ0n) is 16.5. The lowest BCUT2D eigenvalue weighted by atomic mass is 10.2. The summed E-state index contributed by atoms with van der Waals surface area (Å²) in [6, 6.07) is 4.11. The number of halogens is 1. The number of anilines is 4. The normalized spacial score (nSPS) is 17.2. The van der Waals surface area contributed by atoms with E-state index < -0.39 is 17.8 Å². The third-order valence-corrected chi connectivity index (χ3v) is 5.10. The second-order valence-electron chi connectivity index (χ2n) is 7.52. The molecule has 10 nitrogen and oxygen atoms in total. The number of nitrogens with one attached hydrogen (secondary N) is 4. The number of hydrogen-bond acceptors (Lipinski definition) is 7. The highest BCUT2D eigenvalue weighted by atomic mass is 19.1. The third kappa shape index (κ3) is 3.50. The minimum Gasteiger partial charge on any atom is -0.399 e. The van der Waals surface area contributed by atoms with Gasteiger partial charge in [-0.2, -0.15) is 9.61 Å². The number of hydrogen-bond donors (Lipinski definition) is 5. The first-order valence-corrected chi connectivity index (χ1v) is 9.70. The van der Waals surface area contributed by atoms with Crippen molar-refractivity contribution < 1.29 is 14.0 Å². The number of nitrogens with zero attached hydrogens (tertiary/aromatic N) is 3. The average molecular weight is 422 g/mol. The summed E-state index contributed by atoms with van der Waals surface area (Å²) in [6.07, 6.45) is 5.14. The van der Waals surface area contributed by atoms with Crippen LogP contribution in [0, 0.1) is 12.7 Å². The van der Waals surface area contributed by atoms with Gasteiger partial charge in [-0.1, -0.05) is 0 Å². The monoisotopic (exact) mass is 422 g/mol. The van der Waals surface area contributed by atoms with E-state index >= 15 is 0 Å². The lowest BCUT2D eigenvalue weighted by Crippen LogP contribution is -2.22. The van der Waals surface area contributed by atoms with Gasteiger partial charge in [0.1, 0.15) is 23.1 Å². The molecular formula is C20H19FN8O2. The Bertz CT molecular complexity index is 1280. The van der Waals surface area contributed by atoms with Crippen LogP contribution in [-0.2, 0) is 4.79 Å². The van der Waals surface area contributed by atoms with Gasteiger partial charge in [-0.3, -0.25) is 10.1 Å². The van der Waals surface area contributed by atoms with Crippen LogP contribution >= 0.6 is 0 Å². The Morgan fingerprint density at radius 1 is 1.29 bits per heavy atom. The zero-order chi connectivity index (χ0) is 21.7. The number of fused-ring (bicyclic) bond motifs is 1. The number of benzene rings is 1. The first kappa shape index (κ1) is 18.9. The number of nitrogen functional groups attached to an aromatic ring is 1. The van der Waals surface area contributed by atoms with Crippen molar-refractivity contribution in [3.8, 4) is 0 Å². The van der Waals surface area contributed by atoms with Crippen molar-refractivity contribution in [3.05, 3.63) is 47.0 Å². The Labute approximate surface area is 175 Å². The number of urea groups is 1. The van der Waals surface area contributed by atoms with Crippen LogP contribution in [0.15, 0.2) is 30.1 Å². The van der Waals surface area contributed by atoms with Crippen molar-refractivity contribution in [2.24, 2.45) is 0 Å². The van der Waals surface area contributed by atoms with Gasteiger partial charge in [0.25, 0.3) is 5.91 Å². The van der Waals surface area contributed by atoms with Crippen molar-refractivity contribution >= 4 is 46.7 Å². The molecule has 5 rings (SSSR count). The topological polar surface area (TPSA) is 138 Å². The van der Waals surface area contributed by atoms with Crippen LogP contribution in [0.5, 0.6) is 0 Å². The van der Waals surface area contributed by atoms with E-state index in [1.54, 1.807) is 22.8 Å². The molecular weight excluding hydrogens is 403 g/mol. The molecule has 2 aliphatic rings. The molecule has 0 unspecified atom stereocenters. The van der Waals surface area contributed by atoms with Crippen LogP contribution in [0.25, 0.3) is 11.7 Å². The van der Waals surface area contributed by atoms with Crippen LogP contribution in [-0.4, -0.2) is 32.6 Å². The van der Waals surface area contributed by atoms with Gasteiger partial charge in [-0.25, -0.2) is 14.2 Å². The largest absolute Gasteiger partial charge is 0.399 e. The molecule has 1 saturated carbocycles. The van der Waals surface area contributed by atoms with Crippen LogP contribution in [0.2, 0.25) is 0 Å². The molecule has 11 heteroatoms. The molecule has 0 bridgehead atoms. The molecule has 6 N–H and O–H groups in total. The Kier molecular flexibility index (Phi) is 4.24. The maximum Gasteiger partial charge on any atom is 0.326 e. The Morgan fingerprint density at radius 2 is 2.10 bits per heavy atom. The van der Waals surface area contributed by atoms with Crippen molar-refractivity contribution in [3.63, 3.8) is 0 Å².